The molecule has 0 heterocycles. The first-order chi connectivity index (χ1) is 6.33. The van der Waals surface area contributed by atoms with E-state index < -0.39 is 0 Å². The van der Waals surface area contributed by atoms with Crippen LogP contribution in [0.15, 0.2) is 25.0 Å². The van der Waals surface area contributed by atoms with Gasteiger partial charge in [-0.3, -0.25) is 0 Å². The molecule has 0 N–H and O–H groups in total. The molecule has 0 aliphatic rings. The van der Waals surface area contributed by atoms with Crippen molar-refractivity contribution in [3.8, 4) is 0 Å². The molecule has 13 heavy (non-hydrogen) atoms. The van der Waals surface area contributed by atoms with Gasteiger partial charge in [0.1, 0.15) is 6.61 Å². The van der Waals surface area contributed by atoms with Gasteiger partial charge >= 0.3 is 0 Å². The van der Waals surface area contributed by atoms with Gasteiger partial charge in [-0.1, -0.05) is 25.7 Å². The molecule has 78 valence electrons. The van der Waals surface area contributed by atoms with Crippen LogP contribution in [-0.4, -0.2) is 19.8 Å². The first-order valence-corrected chi connectivity index (χ1v) is 4.78. The Morgan fingerprint density at radius 2 is 1.77 bits per heavy atom. The van der Waals surface area contributed by atoms with Gasteiger partial charge in [-0.05, 0) is 20.3 Å². The van der Waals surface area contributed by atoms with Crippen molar-refractivity contribution in [2.75, 3.05) is 19.8 Å². The van der Waals surface area contributed by atoms with E-state index in [1.54, 1.807) is 12.3 Å². The maximum Gasteiger partial charge on any atom is 0.105 e. The molecule has 2 nitrogen and oxygen atoms in total. The molecule has 0 unspecified atom stereocenters. The largest absolute Gasteiger partial charge is 0.497 e. The van der Waals surface area contributed by atoms with E-state index in [-0.39, 0.29) is 0 Å². The average Bonchev–Trinajstić information content (AvgIpc) is 2.15. The molecule has 0 saturated carbocycles. The summed E-state index contributed by atoms with van der Waals surface area (Å²) < 4.78 is 9.76. The Morgan fingerprint density at radius 3 is 2.08 bits per heavy atom. The molecule has 0 aromatic heterocycles. The fourth-order valence-electron chi connectivity index (χ4n) is 0.492. The highest BCUT2D eigenvalue weighted by Crippen LogP contribution is 1.81. The van der Waals surface area contributed by atoms with Crippen LogP contribution in [0, 0.1) is 0 Å². The second kappa shape index (κ2) is 17.4. The number of hydrogen-bond acceptors (Lipinski definition) is 2. The molecule has 2 heteroatoms. The first kappa shape index (κ1) is 14.7. The van der Waals surface area contributed by atoms with Crippen molar-refractivity contribution < 1.29 is 9.47 Å². The van der Waals surface area contributed by atoms with Gasteiger partial charge in [-0.2, -0.15) is 0 Å². The van der Waals surface area contributed by atoms with Crippen LogP contribution in [0.1, 0.15) is 27.2 Å². The molecule has 0 aliphatic heterocycles. The van der Waals surface area contributed by atoms with Gasteiger partial charge in [0, 0.05) is 13.2 Å². The summed E-state index contributed by atoms with van der Waals surface area (Å²) in [7, 11) is 0. The van der Waals surface area contributed by atoms with Crippen LogP contribution in [0.25, 0.3) is 0 Å². The molecule has 0 aliphatic carbocycles. The van der Waals surface area contributed by atoms with Crippen molar-refractivity contribution in [2.24, 2.45) is 0 Å². The standard InChI is InChI=1S/C7H12O.C4H10O/c1-3-5-7-8-6-4-2;1-3-5-4-2/h4-5,7H,2-3,6H2,1H3;3-4H2,1-2H3/b7-5+;. The summed E-state index contributed by atoms with van der Waals surface area (Å²) in [6.07, 6.45) is 6.41. The first-order valence-electron chi connectivity index (χ1n) is 4.78. The predicted molar refractivity (Wildman–Crippen MR) is 57.7 cm³/mol. The van der Waals surface area contributed by atoms with E-state index in [9.17, 15) is 0 Å². The van der Waals surface area contributed by atoms with Crippen molar-refractivity contribution in [3.63, 3.8) is 0 Å². The van der Waals surface area contributed by atoms with Crippen molar-refractivity contribution in [2.45, 2.75) is 27.2 Å². The fourth-order valence-corrected chi connectivity index (χ4v) is 0.492. The van der Waals surface area contributed by atoms with E-state index in [1.165, 1.54) is 0 Å². The Bertz CT molecular complexity index is 107. The minimum atomic E-state index is 0.608. The summed E-state index contributed by atoms with van der Waals surface area (Å²) in [6, 6.07) is 0. The van der Waals surface area contributed by atoms with Crippen LogP contribution in [-0.2, 0) is 9.47 Å². The SMILES string of the molecule is C=CCO/C=C/CC.CCOCC. The molecule has 0 bridgehead atoms. The van der Waals surface area contributed by atoms with E-state index in [0.29, 0.717) is 6.61 Å². The van der Waals surface area contributed by atoms with Crippen molar-refractivity contribution in [1.29, 1.82) is 0 Å². The number of rotatable bonds is 6. The average molecular weight is 186 g/mol. The molecule has 0 radical (unpaired) electrons. The van der Waals surface area contributed by atoms with Gasteiger partial charge in [-0.25, -0.2) is 0 Å². The Labute approximate surface area is 82.2 Å². The molecule has 0 atom stereocenters. The Morgan fingerprint density at radius 1 is 1.15 bits per heavy atom. The second-order valence-electron chi connectivity index (χ2n) is 2.18. The Kier molecular flexibility index (Phi) is 19.7. The minimum Gasteiger partial charge on any atom is -0.497 e. The normalized spacial score (nSPS) is 9.15. The van der Waals surface area contributed by atoms with Gasteiger partial charge < -0.3 is 9.47 Å². The quantitative estimate of drug-likeness (QED) is 0.360. The highest BCUT2D eigenvalue weighted by atomic mass is 16.5. The maximum absolute atomic E-state index is 4.92. The zero-order valence-electron chi connectivity index (χ0n) is 9.08. The monoisotopic (exact) mass is 186 g/mol. The summed E-state index contributed by atoms with van der Waals surface area (Å²) >= 11 is 0. The lowest BCUT2D eigenvalue weighted by atomic mass is 10.5. The summed E-state index contributed by atoms with van der Waals surface area (Å²) in [5.74, 6) is 0. The summed E-state index contributed by atoms with van der Waals surface area (Å²) in [6.45, 7) is 11.8. The van der Waals surface area contributed by atoms with Gasteiger partial charge in [0.25, 0.3) is 0 Å². The van der Waals surface area contributed by atoms with Gasteiger partial charge in [0.2, 0.25) is 0 Å². The molecule has 0 saturated heterocycles. The Hall–Kier alpha value is -0.760. The van der Waals surface area contributed by atoms with Crippen molar-refractivity contribution in [1.82, 2.24) is 0 Å². The Balaban J connectivity index is 0. The van der Waals surface area contributed by atoms with Crippen LogP contribution in [0.3, 0.4) is 0 Å². The molecule has 0 aromatic carbocycles. The molecule has 0 rings (SSSR count). The lowest BCUT2D eigenvalue weighted by molar-refractivity contribution is 0.162. The third-order valence-corrected chi connectivity index (χ3v) is 1.05. The third-order valence-electron chi connectivity index (χ3n) is 1.05. The van der Waals surface area contributed by atoms with E-state index in [4.69, 9.17) is 9.47 Å². The van der Waals surface area contributed by atoms with E-state index >= 15 is 0 Å². The highest BCUT2D eigenvalue weighted by Gasteiger charge is 1.67. The second-order valence-corrected chi connectivity index (χ2v) is 2.18. The topological polar surface area (TPSA) is 18.5 Å². The fraction of sp³-hybridized carbons (Fsp3) is 0.636. The van der Waals surface area contributed by atoms with E-state index in [0.717, 1.165) is 19.6 Å². The molecule has 0 fully saturated rings. The summed E-state index contributed by atoms with van der Waals surface area (Å²) in [5, 5.41) is 0. The minimum absolute atomic E-state index is 0.608. The third kappa shape index (κ3) is 24.6. The number of allylic oxidation sites excluding steroid dienone is 1. The maximum atomic E-state index is 4.92. The van der Waals surface area contributed by atoms with Gasteiger partial charge in [-0.15, -0.1) is 0 Å². The van der Waals surface area contributed by atoms with Crippen molar-refractivity contribution in [3.05, 3.63) is 25.0 Å². The molecule has 0 amide bonds. The van der Waals surface area contributed by atoms with Crippen LogP contribution in [0.4, 0.5) is 0 Å². The summed E-state index contributed by atoms with van der Waals surface area (Å²) in [5.41, 5.74) is 0. The van der Waals surface area contributed by atoms with Gasteiger partial charge in [0.05, 0.1) is 6.26 Å². The zero-order chi connectivity index (χ0) is 10.4. The zero-order valence-corrected chi connectivity index (χ0v) is 9.08. The summed E-state index contributed by atoms with van der Waals surface area (Å²) in [4.78, 5) is 0. The smallest absolute Gasteiger partial charge is 0.105 e. The van der Waals surface area contributed by atoms with E-state index in [1.807, 2.05) is 19.9 Å². The van der Waals surface area contributed by atoms with Gasteiger partial charge in [0.15, 0.2) is 0 Å². The molecular formula is C11H22O2. The van der Waals surface area contributed by atoms with Crippen molar-refractivity contribution >= 4 is 0 Å². The number of ether oxygens (including phenoxy) is 2. The van der Waals surface area contributed by atoms with Crippen LogP contribution >= 0.6 is 0 Å². The molecule has 0 spiro atoms. The van der Waals surface area contributed by atoms with Crippen LogP contribution in [0.5, 0.6) is 0 Å². The van der Waals surface area contributed by atoms with Crippen LogP contribution < -0.4 is 0 Å². The van der Waals surface area contributed by atoms with Crippen LogP contribution in [0.2, 0.25) is 0 Å². The highest BCUT2D eigenvalue weighted by molar-refractivity contribution is 4.73. The predicted octanol–water partition coefficient (Wildman–Crippen LogP) is 3.16. The lowest BCUT2D eigenvalue weighted by Gasteiger charge is -1.89. The van der Waals surface area contributed by atoms with E-state index in [2.05, 4.69) is 13.5 Å². The molecule has 0 aromatic rings. The molecular weight excluding hydrogens is 164 g/mol. The lowest BCUT2D eigenvalue weighted by Crippen LogP contribution is -1.84. The number of hydrogen-bond donors (Lipinski definition) is 0.